The van der Waals surface area contributed by atoms with Gasteiger partial charge >= 0.3 is 12.3 Å². The number of aromatic carboxylic acids is 1. The summed E-state index contributed by atoms with van der Waals surface area (Å²) >= 11 is 1.06. The van der Waals surface area contributed by atoms with Gasteiger partial charge in [0.15, 0.2) is 0 Å². The second kappa shape index (κ2) is 7.36. The van der Waals surface area contributed by atoms with E-state index in [4.69, 9.17) is 5.11 Å². The molecule has 26 heavy (non-hydrogen) atoms. The third kappa shape index (κ3) is 4.98. The monoisotopic (exact) mass is 387 g/mol. The summed E-state index contributed by atoms with van der Waals surface area (Å²) in [5.41, 5.74) is -0.481. The highest BCUT2D eigenvalue weighted by atomic mass is 32.1. The maximum atomic E-state index is 12.5. The molecular formula is C17H16F3NO4S. The van der Waals surface area contributed by atoms with Crippen molar-refractivity contribution in [1.29, 1.82) is 0 Å². The fraction of sp³-hybridized carbons (Fsp3) is 0.294. The topological polar surface area (TPSA) is 75.6 Å². The molecule has 1 amide bonds. The maximum Gasteiger partial charge on any atom is 0.573 e. The van der Waals surface area contributed by atoms with Crippen LogP contribution < -0.4 is 10.1 Å². The average Bonchev–Trinajstić information content (AvgIpc) is 3.00. The number of carboxylic acid groups (broad SMARTS) is 1. The molecule has 140 valence electrons. The Morgan fingerprint density at radius 3 is 2.23 bits per heavy atom. The van der Waals surface area contributed by atoms with Gasteiger partial charge in [-0.1, -0.05) is 12.1 Å². The van der Waals surface area contributed by atoms with Gasteiger partial charge in [0.05, 0.1) is 12.0 Å². The quantitative estimate of drug-likeness (QED) is 0.787. The van der Waals surface area contributed by atoms with Crippen molar-refractivity contribution in [3.63, 3.8) is 0 Å². The second-order valence-corrected chi connectivity index (χ2v) is 7.12. The molecule has 0 radical (unpaired) electrons. The largest absolute Gasteiger partial charge is 0.573 e. The maximum absolute atomic E-state index is 12.5. The molecule has 0 aliphatic heterocycles. The van der Waals surface area contributed by atoms with Crippen molar-refractivity contribution in [3.05, 3.63) is 51.7 Å². The first-order valence-corrected chi connectivity index (χ1v) is 8.27. The lowest BCUT2D eigenvalue weighted by atomic mass is 9.83. The highest BCUT2D eigenvalue weighted by Gasteiger charge is 2.32. The van der Waals surface area contributed by atoms with Crippen LogP contribution in [0, 0.1) is 0 Å². The number of halogens is 3. The van der Waals surface area contributed by atoms with Gasteiger partial charge in [0.1, 0.15) is 10.6 Å². The van der Waals surface area contributed by atoms with Crippen molar-refractivity contribution < 1.29 is 32.6 Å². The summed E-state index contributed by atoms with van der Waals surface area (Å²) in [6, 6.07) is 8.17. The molecule has 0 bridgehead atoms. The van der Waals surface area contributed by atoms with Gasteiger partial charge in [-0.3, -0.25) is 4.79 Å². The third-order valence-corrected chi connectivity index (χ3v) is 4.75. The van der Waals surface area contributed by atoms with E-state index < -0.39 is 17.7 Å². The van der Waals surface area contributed by atoms with Gasteiger partial charge in [-0.15, -0.1) is 24.5 Å². The summed E-state index contributed by atoms with van der Waals surface area (Å²) in [5, 5.41) is 11.6. The molecule has 0 saturated heterocycles. The van der Waals surface area contributed by atoms with Crippen LogP contribution in [-0.2, 0) is 16.8 Å². The van der Waals surface area contributed by atoms with Crippen LogP contribution in [0.25, 0.3) is 0 Å². The van der Waals surface area contributed by atoms with E-state index in [0.717, 1.165) is 23.5 Å². The molecule has 2 rings (SSSR count). The number of benzene rings is 1. The molecule has 0 aliphatic carbocycles. The van der Waals surface area contributed by atoms with E-state index in [9.17, 15) is 22.8 Å². The van der Waals surface area contributed by atoms with Gasteiger partial charge in [-0.2, -0.15) is 0 Å². The van der Waals surface area contributed by atoms with Crippen LogP contribution in [0.15, 0.2) is 36.4 Å². The molecule has 0 unspecified atom stereocenters. The molecule has 1 aromatic carbocycles. The lowest BCUT2D eigenvalue weighted by Gasteiger charge is -2.24. The Morgan fingerprint density at radius 1 is 1.12 bits per heavy atom. The van der Waals surface area contributed by atoms with Gasteiger partial charge in [0, 0.05) is 4.88 Å². The first-order valence-electron chi connectivity index (χ1n) is 7.45. The summed E-state index contributed by atoms with van der Waals surface area (Å²) in [6.45, 7) is 3.44. The van der Waals surface area contributed by atoms with Crippen LogP contribution in [0.2, 0.25) is 0 Å². The summed E-state index contributed by atoms with van der Waals surface area (Å²) < 4.78 is 40.4. The van der Waals surface area contributed by atoms with Gasteiger partial charge in [-0.25, -0.2) is 4.79 Å². The molecule has 5 nitrogen and oxygen atoms in total. The zero-order valence-electron chi connectivity index (χ0n) is 13.9. The van der Waals surface area contributed by atoms with Crippen molar-refractivity contribution in [2.75, 3.05) is 0 Å². The normalized spacial score (nSPS) is 11.9. The standard InChI is InChI=1S/C17H16F3NO4S/c1-16(2,10-3-5-11(6-4-10)25-17(18,19)20)15(24)21-9-12-7-8-13(26-12)14(22)23/h3-8H,9H2,1-2H3,(H,21,24)(H,22,23). The smallest absolute Gasteiger partial charge is 0.477 e. The van der Waals surface area contributed by atoms with Crippen LogP contribution in [0.5, 0.6) is 5.75 Å². The lowest BCUT2D eigenvalue weighted by Crippen LogP contribution is -2.39. The number of rotatable bonds is 6. The number of ether oxygens (including phenoxy) is 1. The summed E-state index contributed by atoms with van der Waals surface area (Å²) in [7, 11) is 0. The van der Waals surface area contributed by atoms with Crippen molar-refractivity contribution >= 4 is 23.2 Å². The Bertz CT molecular complexity index is 797. The van der Waals surface area contributed by atoms with Crippen LogP contribution in [0.3, 0.4) is 0 Å². The zero-order chi connectivity index (χ0) is 19.5. The number of alkyl halides is 3. The van der Waals surface area contributed by atoms with E-state index in [1.54, 1.807) is 19.9 Å². The Balaban J connectivity index is 2.03. The minimum atomic E-state index is -4.77. The number of thiophene rings is 1. The van der Waals surface area contributed by atoms with Crippen molar-refractivity contribution in [2.45, 2.75) is 32.2 Å². The molecule has 9 heteroatoms. The minimum absolute atomic E-state index is 0.162. The van der Waals surface area contributed by atoms with E-state index in [1.165, 1.54) is 18.2 Å². The Hall–Kier alpha value is -2.55. The molecule has 1 aromatic heterocycles. The summed E-state index contributed by atoms with van der Waals surface area (Å²) in [5.74, 6) is -1.74. The summed E-state index contributed by atoms with van der Waals surface area (Å²) in [6.07, 6.45) is -4.77. The lowest BCUT2D eigenvalue weighted by molar-refractivity contribution is -0.274. The number of hydrogen-bond acceptors (Lipinski definition) is 4. The van der Waals surface area contributed by atoms with Crippen molar-refractivity contribution in [1.82, 2.24) is 5.32 Å². The molecule has 2 aromatic rings. The fourth-order valence-electron chi connectivity index (χ4n) is 2.18. The van der Waals surface area contributed by atoms with E-state index in [-0.39, 0.29) is 23.1 Å². The summed E-state index contributed by atoms with van der Waals surface area (Å²) in [4.78, 5) is 24.2. The van der Waals surface area contributed by atoms with Gasteiger partial charge < -0.3 is 15.2 Å². The number of hydrogen-bond donors (Lipinski definition) is 2. The first kappa shape index (κ1) is 19.8. The molecule has 0 aliphatic rings. The molecule has 0 spiro atoms. The molecule has 2 N–H and O–H groups in total. The number of carboxylic acids is 1. The molecule has 0 atom stereocenters. The molecular weight excluding hydrogens is 371 g/mol. The van der Waals surface area contributed by atoms with Gasteiger partial charge in [-0.05, 0) is 43.7 Å². The highest BCUT2D eigenvalue weighted by Crippen LogP contribution is 2.28. The van der Waals surface area contributed by atoms with Crippen LogP contribution in [0.4, 0.5) is 13.2 Å². The first-order chi connectivity index (χ1) is 12.0. The average molecular weight is 387 g/mol. The van der Waals surface area contributed by atoms with E-state index >= 15 is 0 Å². The fourth-order valence-corrected chi connectivity index (χ4v) is 2.97. The predicted molar refractivity (Wildman–Crippen MR) is 89.3 cm³/mol. The van der Waals surface area contributed by atoms with Crippen LogP contribution >= 0.6 is 11.3 Å². The van der Waals surface area contributed by atoms with Crippen LogP contribution in [-0.4, -0.2) is 23.3 Å². The van der Waals surface area contributed by atoms with E-state index in [2.05, 4.69) is 10.1 Å². The number of carbonyl (C=O) groups is 2. The Kier molecular flexibility index (Phi) is 5.60. The minimum Gasteiger partial charge on any atom is -0.477 e. The predicted octanol–water partition coefficient (Wildman–Crippen LogP) is 3.94. The van der Waals surface area contributed by atoms with E-state index in [1.807, 2.05) is 0 Å². The number of carbonyl (C=O) groups excluding carboxylic acids is 1. The third-order valence-electron chi connectivity index (χ3n) is 3.67. The Morgan fingerprint density at radius 2 is 1.73 bits per heavy atom. The Labute approximate surface area is 151 Å². The van der Waals surface area contributed by atoms with E-state index in [0.29, 0.717) is 10.4 Å². The second-order valence-electron chi connectivity index (χ2n) is 5.95. The van der Waals surface area contributed by atoms with Gasteiger partial charge in [0.2, 0.25) is 5.91 Å². The van der Waals surface area contributed by atoms with Crippen molar-refractivity contribution in [3.8, 4) is 5.75 Å². The molecule has 1 heterocycles. The molecule has 0 fully saturated rings. The molecule has 0 saturated carbocycles. The highest BCUT2D eigenvalue weighted by molar-refractivity contribution is 7.13. The van der Waals surface area contributed by atoms with Crippen LogP contribution in [0.1, 0.15) is 34.0 Å². The SMILES string of the molecule is CC(C)(C(=O)NCc1ccc(C(=O)O)s1)c1ccc(OC(F)(F)F)cc1. The number of nitrogens with one attached hydrogen (secondary N) is 1. The van der Waals surface area contributed by atoms with Gasteiger partial charge in [0.25, 0.3) is 0 Å². The zero-order valence-corrected chi connectivity index (χ0v) is 14.7. The number of amides is 1. The van der Waals surface area contributed by atoms with Crippen molar-refractivity contribution in [2.24, 2.45) is 0 Å².